The average molecular weight is 344 g/mol. The molecule has 0 aromatic heterocycles. The Morgan fingerprint density at radius 3 is 2.46 bits per heavy atom. The van der Waals surface area contributed by atoms with Gasteiger partial charge in [0, 0.05) is 6.61 Å². The van der Waals surface area contributed by atoms with E-state index in [1.54, 1.807) is 0 Å². The van der Waals surface area contributed by atoms with Crippen LogP contribution < -0.4 is 0 Å². The van der Waals surface area contributed by atoms with Crippen LogP contribution in [0.1, 0.15) is 64.7 Å². The van der Waals surface area contributed by atoms with Gasteiger partial charge in [-0.25, -0.2) is 0 Å². The van der Waals surface area contributed by atoms with E-state index >= 15 is 0 Å². The van der Waals surface area contributed by atoms with E-state index in [2.05, 4.69) is 19.1 Å². The molecular formula is C19H36O5. The topological polar surface area (TPSA) is 79.2 Å². The number of allylic oxidation sites excluding steroid dienone is 2. The van der Waals surface area contributed by atoms with E-state index in [1.165, 1.54) is 38.5 Å². The minimum absolute atomic E-state index is 0.261. The molecule has 0 saturated carbocycles. The highest BCUT2D eigenvalue weighted by Crippen LogP contribution is 2.20. The minimum Gasteiger partial charge on any atom is -0.394 e. The summed E-state index contributed by atoms with van der Waals surface area (Å²) in [6.45, 7) is 2.65. The summed E-state index contributed by atoms with van der Waals surface area (Å²) in [6, 6.07) is 0. The molecule has 1 saturated heterocycles. The maximum Gasteiger partial charge on any atom is 0.114 e. The Kier molecular flexibility index (Phi) is 12.4. The lowest BCUT2D eigenvalue weighted by Gasteiger charge is -2.20. The molecular weight excluding hydrogens is 308 g/mol. The first kappa shape index (κ1) is 21.6. The Hall–Kier alpha value is -0.460. The summed E-state index contributed by atoms with van der Waals surface area (Å²) in [5.41, 5.74) is 0. The SMILES string of the molecule is CCCCCCCC/C=C/CCCO[C@H]1CO[C@@H]([C@H](O)CO)[C@H]1O. The molecule has 0 spiro atoms. The highest BCUT2D eigenvalue weighted by atomic mass is 16.6. The van der Waals surface area contributed by atoms with E-state index in [9.17, 15) is 10.2 Å². The molecule has 0 radical (unpaired) electrons. The highest BCUT2D eigenvalue weighted by Gasteiger charge is 2.40. The van der Waals surface area contributed by atoms with Crippen LogP contribution in [0.2, 0.25) is 0 Å². The van der Waals surface area contributed by atoms with Crippen molar-refractivity contribution in [1.29, 1.82) is 0 Å². The average Bonchev–Trinajstić information content (AvgIpc) is 2.96. The molecule has 0 aromatic rings. The van der Waals surface area contributed by atoms with Crippen molar-refractivity contribution in [3.63, 3.8) is 0 Å². The largest absolute Gasteiger partial charge is 0.394 e. The van der Waals surface area contributed by atoms with Gasteiger partial charge in [0.05, 0.1) is 13.2 Å². The van der Waals surface area contributed by atoms with Crippen molar-refractivity contribution in [2.75, 3.05) is 19.8 Å². The first-order valence-electron chi connectivity index (χ1n) is 9.55. The number of unbranched alkanes of at least 4 members (excludes halogenated alkanes) is 7. The maximum absolute atomic E-state index is 9.99. The van der Waals surface area contributed by atoms with E-state index < -0.39 is 31.0 Å². The van der Waals surface area contributed by atoms with Gasteiger partial charge in [-0.2, -0.15) is 0 Å². The third-order valence-electron chi connectivity index (χ3n) is 4.47. The Bertz CT molecular complexity index is 321. The monoisotopic (exact) mass is 344 g/mol. The Labute approximate surface area is 146 Å². The Morgan fingerprint density at radius 1 is 1.08 bits per heavy atom. The molecule has 0 unspecified atom stereocenters. The van der Waals surface area contributed by atoms with Gasteiger partial charge in [0.1, 0.15) is 24.4 Å². The van der Waals surface area contributed by atoms with Gasteiger partial charge >= 0.3 is 0 Å². The van der Waals surface area contributed by atoms with Gasteiger partial charge in [0.25, 0.3) is 0 Å². The lowest BCUT2D eigenvalue weighted by atomic mass is 10.1. The molecule has 1 fully saturated rings. The van der Waals surface area contributed by atoms with E-state index in [0.717, 1.165) is 19.3 Å². The molecule has 1 aliphatic rings. The van der Waals surface area contributed by atoms with E-state index in [4.69, 9.17) is 14.6 Å². The highest BCUT2D eigenvalue weighted by molar-refractivity contribution is 4.89. The maximum atomic E-state index is 9.99. The molecule has 0 amide bonds. The van der Waals surface area contributed by atoms with Crippen LogP contribution >= 0.6 is 0 Å². The van der Waals surface area contributed by atoms with Crippen molar-refractivity contribution >= 4 is 0 Å². The van der Waals surface area contributed by atoms with Crippen molar-refractivity contribution in [3.8, 4) is 0 Å². The lowest BCUT2D eigenvalue weighted by Crippen LogP contribution is -2.41. The number of aliphatic hydroxyl groups is 3. The van der Waals surface area contributed by atoms with Crippen LogP contribution in [0.3, 0.4) is 0 Å². The summed E-state index contributed by atoms with van der Waals surface area (Å²) < 4.78 is 10.9. The van der Waals surface area contributed by atoms with Crippen LogP contribution in [0.4, 0.5) is 0 Å². The lowest BCUT2D eigenvalue weighted by molar-refractivity contribution is -0.0729. The summed E-state index contributed by atoms with van der Waals surface area (Å²) in [4.78, 5) is 0. The summed E-state index contributed by atoms with van der Waals surface area (Å²) in [5.74, 6) is 0. The summed E-state index contributed by atoms with van der Waals surface area (Å²) >= 11 is 0. The second-order valence-electron chi connectivity index (χ2n) is 6.62. The minimum atomic E-state index is -1.06. The van der Waals surface area contributed by atoms with Crippen molar-refractivity contribution in [1.82, 2.24) is 0 Å². The van der Waals surface area contributed by atoms with Gasteiger partial charge < -0.3 is 24.8 Å². The molecule has 5 heteroatoms. The van der Waals surface area contributed by atoms with Gasteiger partial charge in [-0.05, 0) is 25.7 Å². The van der Waals surface area contributed by atoms with Crippen molar-refractivity contribution in [2.45, 2.75) is 89.1 Å². The first-order valence-corrected chi connectivity index (χ1v) is 9.55. The molecule has 1 aliphatic heterocycles. The van der Waals surface area contributed by atoms with Crippen LogP contribution in [0.25, 0.3) is 0 Å². The Balaban J connectivity index is 1.96. The van der Waals surface area contributed by atoms with Gasteiger partial charge in [-0.3, -0.25) is 0 Å². The number of aliphatic hydroxyl groups excluding tert-OH is 3. The normalized spacial score (nSPS) is 25.6. The summed E-state index contributed by atoms with van der Waals surface area (Å²) in [6.07, 6.45) is 12.4. The zero-order chi connectivity index (χ0) is 17.6. The van der Waals surface area contributed by atoms with Crippen molar-refractivity contribution in [3.05, 3.63) is 12.2 Å². The van der Waals surface area contributed by atoms with Crippen LogP contribution in [0.5, 0.6) is 0 Å². The molecule has 4 atom stereocenters. The molecule has 1 heterocycles. The second-order valence-corrected chi connectivity index (χ2v) is 6.62. The molecule has 3 N–H and O–H groups in total. The van der Waals surface area contributed by atoms with Gasteiger partial charge in [-0.15, -0.1) is 0 Å². The number of hydrogen-bond acceptors (Lipinski definition) is 5. The molecule has 1 rings (SSSR count). The van der Waals surface area contributed by atoms with E-state index in [-0.39, 0.29) is 6.61 Å². The summed E-state index contributed by atoms with van der Waals surface area (Å²) in [5, 5.41) is 28.4. The van der Waals surface area contributed by atoms with Crippen molar-refractivity contribution < 1.29 is 24.8 Å². The standard InChI is InChI=1S/C19H36O5/c1-2-3-4-5-6-7-8-9-10-11-12-13-23-17-15-24-19(18(17)22)16(21)14-20/h9-10,16-22H,2-8,11-15H2,1H3/b10-9+/t16-,17+,18+,19+/m1/s1. The van der Waals surface area contributed by atoms with Crippen LogP contribution in [0, 0.1) is 0 Å². The first-order chi connectivity index (χ1) is 11.7. The van der Waals surface area contributed by atoms with Crippen LogP contribution in [-0.2, 0) is 9.47 Å². The molecule has 142 valence electrons. The van der Waals surface area contributed by atoms with Crippen molar-refractivity contribution in [2.24, 2.45) is 0 Å². The fourth-order valence-corrected chi connectivity index (χ4v) is 2.92. The predicted octanol–water partition coefficient (Wildman–Crippen LogP) is 2.57. The molecule has 0 bridgehead atoms. The number of rotatable bonds is 14. The molecule has 5 nitrogen and oxygen atoms in total. The third kappa shape index (κ3) is 8.58. The smallest absolute Gasteiger partial charge is 0.114 e. The van der Waals surface area contributed by atoms with Crippen LogP contribution in [0.15, 0.2) is 12.2 Å². The van der Waals surface area contributed by atoms with E-state index in [0.29, 0.717) is 6.61 Å². The third-order valence-corrected chi connectivity index (χ3v) is 4.47. The molecule has 24 heavy (non-hydrogen) atoms. The molecule has 0 aromatic carbocycles. The number of ether oxygens (including phenoxy) is 2. The quantitative estimate of drug-likeness (QED) is 0.333. The fraction of sp³-hybridized carbons (Fsp3) is 0.895. The van der Waals surface area contributed by atoms with Gasteiger partial charge in [-0.1, -0.05) is 51.2 Å². The second kappa shape index (κ2) is 13.8. The fourth-order valence-electron chi connectivity index (χ4n) is 2.92. The Morgan fingerprint density at radius 2 is 1.75 bits per heavy atom. The molecule has 0 aliphatic carbocycles. The van der Waals surface area contributed by atoms with Crippen LogP contribution in [-0.4, -0.2) is 59.6 Å². The number of hydrogen-bond donors (Lipinski definition) is 3. The van der Waals surface area contributed by atoms with Gasteiger partial charge in [0.15, 0.2) is 0 Å². The summed E-state index contributed by atoms with van der Waals surface area (Å²) in [7, 11) is 0. The zero-order valence-electron chi connectivity index (χ0n) is 15.1. The van der Waals surface area contributed by atoms with E-state index in [1.807, 2.05) is 0 Å². The predicted molar refractivity (Wildman–Crippen MR) is 94.9 cm³/mol. The van der Waals surface area contributed by atoms with Gasteiger partial charge in [0.2, 0.25) is 0 Å². The zero-order valence-corrected chi connectivity index (χ0v) is 15.1.